The van der Waals surface area contributed by atoms with Crippen LogP contribution in [-0.4, -0.2) is 76.8 Å². The molecular formula is C27H37N5O. The molecule has 0 N–H and O–H groups in total. The van der Waals surface area contributed by atoms with Crippen molar-refractivity contribution in [3.63, 3.8) is 0 Å². The Morgan fingerprint density at radius 1 is 1.12 bits per heavy atom. The maximum absolute atomic E-state index is 13.5. The van der Waals surface area contributed by atoms with Crippen molar-refractivity contribution < 1.29 is 4.79 Å². The van der Waals surface area contributed by atoms with Crippen LogP contribution in [0.5, 0.6) is 0 Å². The summed E-state index contributed by atoms with van der Waals surface area (Å²) in [5.74, 6) is -0.00721. The SMILES string of the molecule is Cc1cccn2c(CN(C)C[C@H]3CCCCN3C)c(C(=O)N(C)CCc3ccccc3)nc12. The van der Waals surface area contributed by atoms with Gasteiger partial charge in [0.1, 0.15) is 5.65 Å². The highest BCUT2D eigenvalue weighted by Crippen LogP contribution is 2.21. The number of piperidine rings is 1. The molecule has 176 valence electrons. The first-order chi connectivity index (χ1) is 15.9. The molecule has 2 aromatic heterocycles. The summed E-state index contributed by atoms with van der Waals surface area (Å²) in [6.07, 6.45) is 6.69. The van der Waals surface area contributed by atoms with Crippen LogP contribution in [0.15, 0.2) is 48.7 Å². The first-order valence-corrected chi connectivity index (χ1v) is 12.1. The third kappa shape index (κ3) is 5.45. The van der Waals surface area contributed by atoms with Crippen LogP contribution in [0.1, 0.15) is 46.6 Å². The monoisotopic (exact) mass is 447 g/mol. The van der Waals surface area contributed by atoms with Crippen molar-refractivity contribution in [1.82, 2.24) is 24.1 Å². The van der Waals surface area contributed by atoms with Crippen LogP contribution >= 0.6 is 0 Å². The number of aromatic nitrogens is 2. The minimum absolute atomic E-state index is 0.00721. The molecule has 0 aliphatic carbocycles. The lowest BCUT2D eigenvalue weighted by atomic mass is 10.0. The molecule has 1 atom stereocenters. The highest BCUT2D eigenvalue weighted by atomic mass is 16.2. The molecule has 1 saturated heterocycles. The predicted octanol–water partition coefficient (Wildman–Crippen LogP) is 3.87. The Hall–Kier alpha value is -2.70. The third-order valence-electron chi connectivity index (χ3n) is 6.94. The van der Waals surface area contributed by atoms with Gasteiger partial charge in [-0.2, -0.15) is 0 Å². The van der Waals surface area contributed by atoms with Crippen molar-refractivity contribution >= 4 is 11.6 Å². The number of rotatable bonds is 8. The molecule has 1 fully saturated rings. The summed E-state index contributed by atoms with van der Waals surface area (Å²) in [6.45, 7) is 5.58. The van der Waals surface area contributed by atoms with Crippen molar-refractivity contribution in [2.24, 2.45) is 0 Å². The Bertz CT molecular complexity index is 1080. The molecule has 0 saturated carbocycles. The van der Waals surface area contributed by atoms with Crippen molar-refractivity contribution in [1.29, 1.82) is 0 Å². The standard InChI is InChI=1S/C27H37N5O/c1-21-11-10-17-32-24(20-29(2)19-23-14-8-9-16-30(23)3)25(28-26(21)32)27(33)31(4)18-15-22-12-6-5-7-13-22/h5-7,10-13,17,23H,8-9,14-16,18-20H2,1-4H3/t23-/m1/s1. The molecule has 4 rings (SSSR count). The van der Waals surface area contributed by atoms with Gasteiger partial charge in [-0.15, -0.1) is 0 Å². The molecule has 0 unspecified atom stereocenters. The van der Waals surface area contributed by atoms with Gasteiger partial charge in [0.15, 0.2) is 5.69 Å². The lowest BCUT2D eigenvalue weighted by Gasteiger charge is -2.35. The maximum atomic E-state index is 13.5. The Labute approximate surface area is 197 Å². The number of carbonyl (C=O) groups excluding carboxylic acids is 1. The fourth-order valence-corrected chi connectivity index (χ4v) is 4.85. The number of carbonyl (C=O) groups is 1. The molecular weight excluding hydrogens is 410 g/mol. The van der Waals surface area contributed by atoms with Crippen LogP contribution in [0.4, 0.5) is 0 Å². The van der Waals surface area contributed by atoms with Crippen molar-refractivity contribution in [3.8, 4) is 0 Å². The number of fused-ring (bicyclic) bond motifs is 1. The summed E-state index contributed by atoms with van der Waals surface area (Å²) in [6, 6.07) is 15.0. The number of nitrogens with zero attached hydrogens (tertiary/aromatic N) is 5. The third-order valence-corrected chi connectivity index (χ3v) is 6.94. The lowest BCUT2D eigenvalue weighted by molar-refractivity contribution is 0.0788. The largest absolute Gasteiger partial charge is 0.340 e. The molecule has 33 heavy (non-hydrogen) atoms. The number of amides is 1. The van der Waals surface area contributed by atoms with Gasteiger partial charge in [0.05, 0.1) is 5.69 Å². The summed E-state index contributed by atoms with van der Waals surface area (Å²) >= 11 is 0. The molecule has 0 radical (unpaired) electrons. The summed E-state index contributed by atoms with van der Waals surface area (Å²) in [5, 5.41) is 0. The predicted molar refractivity (Wildman–Crippen MR) is 134 cm³/mol. The van der Waals surface area contributed by atoms with Gasteiger partial charge in [-0.3, -0.25) is 9.69 Å². The lowest BCUT2D eigenvalue weighted by Crippen LogP contribution is -2.43. The van der Waals surface area contributed by atoms with E-state index in [-0.39, 0.29) is 5.91 Å². The van der Waals surface area contributed by atoms with Gasteiger partial charge in [0, 0.05) is 38.9 Å². The Kier molecular flexibility index (Phi) is 7.46. The molecule has 0 spiro atoms. The van der Waals surface area contributed by atoms with E-state index in [0.717, 1.165) is 29.9 Å². The average molecular weight is 448 g/mol. The van der Waals surface area contributed by atoms with Crippen molar-refractivity contribution in [3.05, 3.63) is 71.2 Å². The molecule has 6 heteroatoms. The summed E-state index contributed by atoms with van der Waals surface area (Å²) in [4.78, 5) is 25.0. The van der Waals surface area contributed by atoms with E-state index in [1.807, 2.05) is 42.4 Å². The Balaban J connectivity index is 1.54. The molecule has 3 aromatic rings. The molecule has 1 amide bonds. The first kappa shape index (κ1) is 23.5. The van der Waals surface area contributed by atoms with Crippen LogP contribution in [0, 0.1) is 6.92 Å². The van der Waals surface area contributed by atoms with Gasteiger partial charge in [-0.1, -0.05) is 42.8 Å². The van der Waals surface area contributed by atoms with Crippen LogP contribution in [0.25, 0.3) is 5.65 Å². The smallest absolute Gasteiger partial charge is 0.274 e. The van der Waals surface area contributed by atoms with E-state index in [2.05, 4.69) is 53.4 Å². The van der Waals surface area contributed by atoms with Crippen molar-refractivity contribution in [2.75, 3.05) is 40.8 Å². The summed E-state index contributed by atoms with van der Waals surface area (Å²) < 4.78 is 2.11. The Morgan fingerprint density at radius 3 is 2.67 bits per heavy atom. The van der Waals surface area contributed by atoms with Crippen LogP contribution < -0.4 is 0 Å². The second kappa shape index (κ2) is 10.5. The van der Waals surface area contributed by atoms with E-state index in [0.29, 0.717) is 24.8 Å². The van der Waals surface area contributed by atoms with Crippen LogP contribution in [0.3, 0.4) is 0 Å². The minimum atomic E-state index is -0.00721. The van der Waals surface area contributed by atoms with Crippen LogP contribution in [0.2, 0.25) is 0 Å². The Morgan fingerprint density at radius 2 is 1.91 bits per heavy atom. The van der Waals surface area contributed by atoms with Gasteiger partial charge in [0.2, 0.25) is 0 Å². The molecule has 0 bridgehead atoms. The molecule has 6 nitrogen and oxygen atoms in total. The number of imidazole rings is 1. The van der Waals surface area contributed by atoms with Gasteiger partial charge in [-0.05, 0) is 64.0 Å². The quantitative estimate of drug-likeness (QED) is 0.526. The zero-order valence-electron chi connectivity index (χ0n) is 20.5. The first-order valence-electron chi connectivity index (χ1n) is 12.1. The van der Waals surface area contributed by atoms with E-state index in [1.165, 1.54) is 31.4 Å². The van der Waals surface area contributed by atoms with E-state index < -0.39 is 0 Å². The van der Waals surface area contributed by atoms with E-state index in [1.54, 1.807) is 0 Å². The molecule has 1 aliphatic rings. The second-order valence-electron chi connectivity index (χ2n) is 9.58. The number of likely N-dealkylation sites (tertiary alicyclic amines) is 1. The minimum Gasteiger partial charge on any atom is -0.340 e. The molecule has 1 aromatic carbocycles. The maximum Gasteiger partial charge on any atom is 0.274 e. The number of aryl methyl sites for hydroxylation is 1. The fraction of sp³-hybridized carbons (Fsp3) is 0.481. The van der Waals surface area contributed by atoms with Crippen molar-refractivity contribution in [2.45, 2.75) is 45.2 Å². The van der Waals surface area contributed by atoms with E-state index in [9.17, 15) is 4.79 Å². The van der Waals surface area contributed by atoms with E-state index in [4.69, 9.17) is 4.98 Å². The van der Waals surface area contributed by atoms with Gasteiger partial charge in [-0.25, -0.2) is 4.98 Å². The number of pyridine rings is 1. The molecule has 1 aliphatic heterocycles. The van der Waals surface area contributed by atoms with Gasteiger partial charge >= 0.3 is 0 Å². The molecule has 3 heterocycles. The summed E-state index contributed by atoms with van der Waals surface area (Å²) in [5.41, 5.74) is 4.74. The van der Waals surface area contributed by atoms with Crippen LogP contribution in [-0.2, 0) is 13.0 Å². The highest BCUT2D eigenvalue weighted by molar-refractivity contribution is 5.94. The number of likely N-dealkylation sites (N-methyl/N-ethyl adjacent to an activating group) is 3. The number of hydrogen-bond donors (Lipinski definition) is 0. The number of benzene rings is 1. The van der Waals surface area contributed by atoms with E-state index >= 15 is 0 Å². The van der Waals surface area contributed by atoms with Gasteiger partial charge < -0.3 is 14.2 Å². The summed E-state index contributed by atoms with van der Waals surface area (Å²) in [7, 11) is 6.27. The number of hydrogen-bond acceptors (Lipinski definition) is 4. The average Bonchev–Trinajstić information content (AvgIpc) is 3.18. The van der Waals surface area contributed by atoms with Gasteiger partial charge in [0.25, 0.3) is 5.91 Å². The topological polar surface area (TPSA) is 44.1 Å². The normalized spacial score (nSPS) is 17.1. The fourth-order valence-electron chi connectivity index (χ4n) is 4.85. The zero-order valence-corrected chi connectivity index (χ0v) is 20.5. The second-order valence-corrected chi connectivity index (χ2v) is 9.58. The highest BCUT2D eigenvalue weighted by Gasteiger charge is 2.25. The zero-order chi connectivity index (χ0) is 23.4.